The van der Waals surface area contributed by atoms with Gasteiger partial charge in [-0.1, -0.05) is 31.2 Å². The van der Waals surface area contributed by atoms with Crippen molar-refractivity contribution in [3.63, 3.8) is 0 Å². The van der Waals surface area contributed by atoms with Gasteiger partial charge in [-0.05, 0) is 36.2 Å². The van der Waals surface area contributed by atoms with Crippen molar-refractivity contribution in [2.75, 3.05) is 0 Å². The van der Waals surface area contributed by atoms with E-state index >= 15 is 0 Å². The van der Waals surface area contributed by atoms with Crippen LogP contribution in [0.15, 0.2) is 24.3 Å². The second-order valence-corrected chi connectivity index (χ2v) is 9.83. The highest BCUT2D eigenvalue weighted by atomic mass is 28.4. The first-order valence-corrected chi connectivity index (χ1v) is 8.84. The van der Waals surface area contributed by atoms with Crippen LogP contribution in [0.5, 0.6) is 0 Å². The third kappa shape index (κ3) is 1.24. The highest BCUT2D eigenvalue weighted by Crippen LogP contribution is 2.53. The van der Waals surface area contributed by atoms with Crippen LogP contribution >= 0.6 is 0 Å². The zero-order valence-electron chi connectivity index (χ0n) is 9.66. The molecule has 2 aliphatic rings. The van der Waals surface area contributed by atoms with Crippen molar-refractivity contribution in [1.82, 2.24) is 0 Å². The van der Waals surface area contributed by atoms with E-state index in [2.05, 4.69) is 44.3 Å². The van der Waals surface area contributed by atoms with Gasteiger partial charge in [-0.15, -0.1) is 0 Å². The Hall–Kier alpha value is -0.603. The first kappa shape index (κ1) is 9.61. The van der Waals surface area contributed by atoms with Crippen molar-refractivity contribution in [3.05, 3.63) is 35.4 Å². The molecule has 1 saturated heterocycles. The van der Waals surface area contributed by atoms with Gasteiger partial charge in [0.2, 0.25) is 0 Å². The van der Waals surface area contributed by atoms with E-state index in [-0.39, 0.29) is 0 Å². The lowest BCUT2D eigenvalue weighted by molar-refractivity contribution is 0.218. The number of hydrogen-bond acceptors (Lipinski definition) is 1. The first-order valence-electron chi connectivity index (χ1n) is 5.85. The fraction of sp³-hybridized carbons (Fsp3) is 0.538. The molecule has 1 aliphatic heterocycles. The molecule has 0 radical (unpaired) electrons. The van der Waals surface area contributed by atoms with Gasteiger partial charge in [-0.2, -0.15) is 0 Å². The van der Waals surface area contributed by atoms with E-state index in [1.807, 2.05) is 0 Å². The van der Waals surface area contributed by atoms with Crippen molar-refractivity contribution in [1.29, 1.82) is 0 Å². The van der Waals surface area contributed by atoms with E-state index in [0.717, 1.165) is 12.0 Å². The predicted octanol–water partition coefficient (Wildman–Crippen LogP) is 3.32. The first-order chi connectivity index (χ1) is 7.09. The molecule has 1 fully saturated rings. The Bertz CT molecular complexity index is 399. The third-order valence-corrected chi connectivity index (χ3v) is 7.79. The van der Waals surface area contributed by atoms with Gasteiger partial charge in [0, 0.05) is 5.92 Å². The summed E-state index contributed by atoms with van der Waals surface area (Å²) in [5.74, 6) is 0.683. The molecule has 0 aromatic heterocycles. The van der Waals surface area contributed by atoms with Crippen molar-refractivity contribution in [2.24, 2.45) is 0 Å². The van der Waals surface area contributed by atoms with Crippen LogP contribution in [0, 0.1) is 0 Å². The number of rotatable bonds is 0. The second-order valence-electron chi connectivity index (χ2n) is 5.48. The Balaban J connectivity index is 2.05. The molecule has 1 aromatic rings. The van der Waals surface area contributed by atoms with E-state index in [4.69, 9.17) is 4.43 Å². The van der Waals surface area contributed by atoms with Gasteiger partial charge in [-0.3, -0.25) is 0 Å². The summed E-state index contributed by atoms with van der Waals surface area (Å²) in [5, 5.41) is 0. The topological polar surface area (TPSA) is 9.23 Å². The minimum absolute atomic E-state index is 0.485. The van der Waals surface area contributed by atoms with Crippen molar-refractivity contribution in [2.45, 2.75) is 44.0 Å². The fourth-order valence-electron chi connectivity index (χ4n) is 3.23. The summed E-state index contributed by atoms with van der Waals surface area (Å²) in [5.41, 5.74) is 3.84. The standard InChI is InChI=1S/C13H18OSi/c1-9-13-11-7-5-4-6-10(11)8-12(13)14-15(9,2)3/h4-7,9,12-13H,8H2,1-3H3/t9?,12-,13+/m0/s1. The summed E-state index contributed by atoms with van der Waals surface area (Å²) in [6, 6.07) is 8.88. The molecule has 0 N–H and O–H groups in total. The zero-order valence-corrected chi connectivity index (χ0v) is 10.7. The highest BCUT2D eigenvalue weighted by Gasteiger charge is 2.52. The summed E-state index contributed by atoms with van der Waals surface area (Å²) >= 11 is 0. The molecule has 15 heavy (non-hydrogen) atoms. The Morgan fingerprint density at radius 3 is 2.80 bits per heavy atom. The molecule has 0 amide bonds. The molecule has 0 bridgehead atoms. The van der Waals surface area contributed by atoms with Gasteiger partial charge in [0.1, 0.15) is 0 Å². The molecule has 0 saturated carbocycles. The molecule has 1 aromatic carbocycles. The summed E-state index contributed by atoms with van der Waals surface area (Å²) in [6.45, 7) is 7.11. The van der Waals surface area contributed by atoms with Crippen LogP contribution in [0.1, 0.15) is 24.0 Å². The molecule has 0 spiro atoms. The van der Waals surface area contributed by atoms with E-state index in [1.54, 1.807) is 5.56 Å². The summed E-state index contributed by atoms with van der Waals surface area (Å²) in [6.07, 6.45) is 1.63. The molecule has 1 nitrogen and oxygen atoms in total. The van der Waals surface area contributed by atoms with Crippen molar-refractivity contribution in [3.8, 4) is 0 Å². The molecule has 3 atom stereocenters. The lowest BCUT2D eigenvalue weighted by Gasteiger charge is -2.22. The van der Waals surface area contributed by atoms with Gasteiger partial charge < -0.3 is 4.43 Å². The zero-order chi connectivity index (χ0) is 10.6. The Kier molecular flexibility index (Phi) is 1.89. The van der Waals surface area contributed by atoms with Crippen molar-refractivity contribution >= 4 is 8.32 Å². The van der Waals surface area contributed by atoms with Crippen LogP contribution < -0.4 is 0 Å². The van der Waals surface area contributed by atoms with E-state index in [9.17, 15) is 0 Å². The van der Waals surface area contributed by atoms with E-state index < -0.39 is 8.32 Å². The van der Waals surface area contributed by atoms with Crippen LogP contribution in [-0.4, -0.2) is 14.4 Å². The van der Waals surface area contributed by atoms with Gasteiger partial charge in [0.25, 0.3) is 0 Å². The largest absolute Gasteiger partial charge is 0.413 e. The second kappa shape index (κ2) is 2.95. The monoisotopic (exact) mass is 218 g/mol. The summed E-state index contributed by atoms with van der Waals surface area (Å²) < 4.78 is 6.31. The van der Waals surface area contributed by atoms with Crippen LogP contribution in [0.25, 0.3) is 0 Å². The summed E-state index contributed by atoms with van der Waals surface area (Å²) in [7, 11) is -1.41. The molecular formula is C13H18OSi. The van der Waals surface area contributed by atoms with Crippen LogP contribution in [0.2, 0.25) is 18.6 Å². The fourth-order valence-corrected chi connectivity index (χ4v) is 5.71. The SMILES string of the molecule is CC1[C@@H]2c3ccccc3C[C@@H]2O[Si]1(C)C. The smallest absolute Gasteiger partial charge is 0.190 e. The normalized spacial score (nSPS) is 36.3. The third-order valence-electron chi connectivity index (χ3n) is 4.33. The van der Waals surface area contributed by atoms with Gasteiger partial charge in [-0.25, -0.2) is 0 Å². The average molecular weight is 218 g/mol. The molecule has 1 aliphatic carbocycles. The highest BCUT2D eigenvalue weighted by molar-refractivity contribution is 6.73. The molecular weight excluding hydrogens is 200 g/mol. The predicted molar refractivity (Wildman–Crippen MR) is 64.7 cm³/mol. The maximum absolute atomic E-state index is 6.31. The minimum atomic E-state index is -1.41. The maximum atomic E-state index is 6.31. The van der Waals surface area contributed by atoms with Crippen LogP contribution in [-0.2, 0) is 10.8 Å². The lowest BCUT2D eigenvalue weighted by atomic mass is 9.97. The average Bonchev–Trinajstić information content (AvgIpc) is 2.62. The van der Waals surface area contributed by atoms with E-state index in [1.165, 1.54) is 5.56 Å². The van der Waals surface area contributed by atoms with Crippen molar-refractivity contribution < 1.29 is 4.43 Å². The molecule has 80 valence electrons. The number of benzene rings is 1. The van der Waals surface area contributed by atoms with Gasteiger partial charge in [0.15, 0.2) is 8.32 Å². The van der Waals surface area contributed by atoms with E-state index in [0.29, 0.717) is 12.0 Å². The van der Waals surface area contributed by atoms with Gasteiger partial charge >= 0.3 is 0 Å². The Morgan fingerprint density at radius 1 is 1.27 bits per heavy atom. The van der Waals surface area contributed by atoms with Crippen LogP contribution in [0.3, 0.4) is 0 Å². The minimum Gasteiger partial charge on any atom is -0.413 e. The summed E-state index contributed by atoms with van der Waals surface area (Å²) in [4.78, 5) is 0. The molecule has 1 heterocycles. The quantitative estimate of drug-likeness (QED) is 0.607. The lowest BCUT2D eigenvalue weighted by Crippen LogP contribution is -2.30. The molecule has 2 heteroatoms. The number of hydrogen-bond donors (Lipinski definition) is 0. The molecule has 1 unspecified atom stereocenters. The van der Waals surface area contributed by atoms with Crippen LogP contribution in [0.4, 0.5) is 0 Å². The Labute approximate surface area is 92.6 Å². The number of fused-ring (bicyclic) bond motifs is 3. The van der Waals surface area contributed by atoms with Gasteiger partial charge in [0.05, 0.1) is 6.10 Å². The maximum Gasteiger partial charge on any atom is 0.190 e. The Morgan fingerprint density at radius 2 is 2.00 bits per heavy atom. The molecule has 3 rings (SSSR count).